The maximum absolute atomic E-state index is 12.3. The van der Waals surface area contributed by atoms with Gasteiger partial charge in [-0.05, 0) is 38.8 Å². The van der Waals surface area contributed by atoms with Crippen molar-refractivity contribution in [2.75, 3.05) is 0 Å². The molecule has 2 atom stereocenters. The van der Waals surface area contributed by atoms with E-state index < -0.39 is 5.97 Å². The SMILES string of the molecule is CC1CCC(C)N1C(=O)c1ccc(C(=O)O)nc1. The monoisotopic (exact) mass is 248 g/mol. The fourth-order valence-corrected chi connectivity index (χ4v) is 2.39. The number of likely N-dealkylation sites (tertiary alicyclic amines) is 1. The zero-order valence-corrected chi connectivity index (χ0v) is 10.5. The minimum atomic E-state index is -1.09. The van der Waals surface area contributed by atoms with E-state index in [-0.39, 0.29) is 23.7 Å². The zero-order valence-electron chi connectivity index (χ0n) is 10.5. The van der Waals surface area contributed by atoms with E-state index in [0.29, 0.717) is 5.56 Å². The molecule has 5 heteroatoms. The fourth-order valence-electron chi connectivity index (χ4n) is 2.39. The van der Waals surface area contributed by atoms with Gasteiger partial charge in [0.05, 0.1) is 5.56 Å². The van der Waals surface area contributed by atoms with Crippen LogP contribution in [0.5, 0.6) is 0 Å². The van der Waals surface area contributed by atoms with Gasteiger partial charge in [0.25, 0.3) is 5.91 Å². The first-order chi connectivity index (χ1) is 8.50. The van der Waals surface area contributed by atoms with Gasteiger partial charge in [-0.2, -0.15) is 0 Å². The maximum Gasteiger partial charge on any atom is 0.354 e. The molecule has 1 aromatic heterocycles. The molecular weight excluding hydrogens is 232 g/mol. The highest BCUT2D eigenvalue weighted by molar-refractivity contribution is 5.95. The first-order valence-corrected chi connectivity index (χ1v) is 6.02. The molecule has 0 bridgehead atoms. The van der Waals surface area contributed by atoms with Gasteiger partial charge in [-0.1, -0.05) is 0 Å². The average molecular weight is 248 g/mol. The molecule has 2 rings (SSSR count). The van der Waals surface area contributed by atoms with Crippen LogP contribution in [0.3, 0.4) is 0 Å². The molecule has 0 aromatic carbocycles. The van der Waals surface area contributed by atoms with Gasteiger partial charge >= 0.3 is 5.97 Å². The molecule has 1 N–H and O–H groups in total. The summed E-state index contributed by atoms with van der Waals surface area (Å²) in [7, 11) is 0. The predicted octanol–water partition coefficient (Wildman–Crippen LogP) is 1.79. The summed E-state index contributed by atoms with van der Waals surface area (Å²) in [5.74, 6) is -1.16. The minimum Gasteiger partial charge on any atom is -0.477 e. The molecule has 96 valence electrons. The molecule has 5 nitrogen and oxygen atoms in total. The largest absolute Gasteiger partial charge is 0.477 e. The van der Waals surface area contributed by atoms with Gasteiger partial charge in [-0.15, -0.1) is 0 Å². The smallest absolute Gasteiger partial charge is 0.354 e. The Kier molecular flexibility index (Phi) is 3.32. The summed E-state index contributed by atoms with van der Waals surface area (Å²) in [5, 5.41) is 8.75. The fraction of sp³-hybridized carbons (Fsp3) is 0.462. The van der Waals surface area contributed by atoms with E-state index in [2.05, 4.69) is 4.98 Å². The van der Waals surface area contributed by atoms with Gasteiger partial charge in [-0.25, -0.2) is 9.78 Å². The number of carbonyl (C=O) groups is 2. The van der Waals surface area contributed by atoms with Crippen molar-refractivity contribution in [3.8, 4) is 0 Å². The highest BCUT2D eigenvalue weighted by Gasteiger charge is 2.31. The van der Waals surface area contributed by atoms with E-state index in [1.165, 1.54) is 18.3 Å². The van der Waals surface area contributed by atoms with E-state index >= 15 is 0 Å². The summed E-state index contributed by atoms with van der Waals surface area (Å²) in [6, 6.07) is 3.34. The molecule has 1 aliphatic rings. The van der Waals surface area contributed by atoms with Crippen LogP contribution in [0.2, 0.25) is 0 Å². The Hall–Kier alpha value is -1.91. The van der Waals surface area contributed by atoms with Crippen molar-refractivity contribution >= 4 is 11.9 Å². The van der Waals surface area contributed by atoms with Crippen LogP contribution in [-0.4, -0.2) is 39.0 Å². The number of aromatic carboxylic acids is 1. The predicted molar refractivity (Wildman–Crippen MR) is 65.5 cm³/mol. The summed E-state index contributed by atoms with van der Waals surface area (Å²) in [6.45, 7) is 4.06. The van der Waals surface area contributed by atoms with Crippen molar-refractivity contribution < 1.29 is 14.7 Å². The number of carboxylic acid groups (broad SMARTS) is 1. The molecule has 0 spiro atoms. The molecule has 18 heavy (non-hydrogen) atoms. The average Bonchev–Trinajstić information content (AvgIpc) is 2.68. The van der Waals surface area contributed by atoms with Crippen molar-refractivity contribution in [3.05, 3.63) is 29.6 Å². The number of rotatable bonds is 2. The summed E-state index contributed by atoms with van der Waals surface area (Å²) in [4.78, 5) is 28.6. The molecule has 0 radical (unpaired) electrons. The van der Waals surface area contributed by atoms with Crippen LogP contribution in [0.4, 0.5) is 0 Å². The second-order valence-electron chi connectivity index (χ2n) is 4.73. The molecule has 2 unspecified atom stereocenters. The van der Waals surface area contributed by atoms with E-state index in [4.69, 9.17) is 5.11 Å². The third kappa shape index (κ3) is 2.20. The maximum atomic E-state index is 12.3. The Labute approximate surface area is 105 Å². The second-order valence-corrected chi connectivity index (χ2v) is 4.73. The summed E-state index contributed by atoms with van der Waals surface area (Å²) < 4.78 is 0. The lowest BCUT2D eigenvalue weighted by Crippen LogP contribution is -2.38. The molecule has 2 heterocycles. The highest BCUT2D eigenvalue weighted by Crippen LogP contribution is 2.25. The second kappa shape index (κ2) is 4.76. The van der Waals surface area contributed by atoms with Gasteiger partial charge in [0.1, 0.15) is 5.69 Å². The van der Waals surface area contributed by atoms with Gasteiger partial charge in [0, 0.05) is 18.3 Å². The lowest BCUT2D eigenvalue weighted by Gasteiger charge is -2.26. The zero-order chi connectivity index (χ0) is 13.3. The van der Waals surface area contributed by atoms with Crippen molar-refractivity contribution in [3.63, 3.8) is 0 Å². The molecule has 0 saturated carbocycles. The molecule has 1 amide bonds. The number of nitrogens with zero attached hydrogens (tertiary/aromatic N) is 2. The van der Waals surface area contributed by atoms with Gasteiger partial charge in [0.15, 0.2) is 0 Å². The number of hydrogen-bond donors (Lipinski definition) is 1. The Bertz CT molecular complexity index is 460. The summed E-state index contributed by atoms with van der Waals surface area (Å²) >= 11 is 0. The van der Waals surface area contributed by atoms with Crippen molar-refractivity contribution in [1.82, 2.24) is 9.88 Å². The first-order valence-electron chi connectivity index (χ1n) is 6.02. The van der Waals surface area contributed by atoms with Crippen LogP contribution >= 0.6 is 0 Å². The number of hydrogen-bond acceptors (Lipinski definition) is 3. The standard InChI is InChI=1S/C13H16N2O3/c1-8-3-4-9(2)15(8)12(16)10-5-6-11(13(17)18)14-7-10/h5-9H,3-4H2,1-2H3,(H,17,18). The van der Waals surface area contributed by atoms with E-state index in [1.807, 2.05) is 18.7 Å². The lowest BCUT2D eigenvalue weighted by molar-refractivity contribution is 0.0675. The first kappa shape index (κ1) is 12.5. The lowest BCUT2D eigenvalue weighted by atomic mass is 10.2. The van der Waals surface area contributed by atoms with Crippen molar-refractivity contribution in [1.29, 1.82) is 0 Å². The number of carboxylic acids is 1. The molecule has 0 aliphatic carbocycles. The molecule has 1 aromatic rings. The molecule has 1 aliphatic heterocycles. The van der Waals surface area contributed by atoms with Crippen LogP contribution in [-0.2, 0) is 0 Å². The van der Waals surface area contributed by atoms with Crippen LogP contribution in [0.1, 0.15) is 47.5 Å². The molecule has 1 saturated heterocycles. The number of amides is 1. The van der Waals surface area contributed by atoms with Crippen LogP contribution in [0, 0.1) is 0 Å². The molecular formula is C13H16N2O3. The Morgan fingerprint density at radius 2 is 1.89 bits per heavy atom. The number of aromatic nitrogens is 1. The van der Waals surface area contributed by atoms with Crippen LogP contribution < -0.4 is 0 Å². The third-order valence-electron chi connectivity index (χ3n) is 3.42. The summed E-state index contributed by atoms with van der Waals surface area (Å²) in [6.07, 6.45) is 3.35. The van der Waals surface area contributed by atoms with Gasteiger partial charge < -0.3 is 10.0 Å². The van der Waals surface area contributed by atoms with Crippen molar-refractivity contribution in [2.45, 2.75) is 38.8 Å². The Morgan fingerprint density at radius 3 is 2.33 bits per heavy atom. The Morgan fingerprint density at radius 1 is 1.28 bits per heavy atom. The van der Waals surface area contributed by atoms with E-state index in [0.717, 1.165) is 12.8 Å². The summed E-state index contributed by atoms with van der Waals surface area (Å²) in [5.41, 5.74) is 0.398. The quantitative estimate of drug-likeness (QED) is 0.866. The van der Waals surface area contributed by atoms with Gasteiger partial charge in [0.2, 0.25) is 0 Å². The third-order valence-corrected chi connectivity index (χ3v) is 3.42. The van der Waals surface area contributed by atoms with Crippen molar-refractivity contribution in [2.24, 2.45) is 0 Å². The van der Waals surface area contributed by atoms with Crippen LogP contribution in [0.25, 0.3) is 0 Å². The van der Waals surface area contributed by atoms with E-state index in [1.54, 1.807) is 0 Å². The normalized spacial score (nSPS) is 23.1. The number of carbonyl (C=O) groups excluding carboxylic acids is 1. The highest BCUT2D eigenvalue weighted by atomic mass is 16.4. The topological polar surface area (TPSA) is 70.5 Å². The van der Waals surface area contributed by atoms with Gasteiger partial charge in [-0.3, -0.25) is 4.79 Å². The number of pyridine rings is 1. The van der Waals surface area contributed by atoms with Crippen LogP contribution in [0.15, 0.2) is 18.3 Å². The van der Waals surface area contributed by atoms with E-state index in [9.17, 15) is 9.59 Å². The Balaban J connectivity index is 2.21. The molecule has 1 fully saturated rings. The minimum absolute atomic E-state index is 0.0472.